The lowest BCUT2D eigenvalue weighted by molar-refractivity contribution is 0.0993. The second kappa shape index (κ2) is 5.67. The number of nitrogen functional groups attached to an aromatic ring is 1. The van der Waals surface area contributed by atoms with E-state index in [1.54, 1.807) is 12.1 Å². The number of benzene rings is 2. The van der Waals surface area contributed by atoms with Crippen molar-refractivity contribution < 1.29 is 4.79 Å². The van der Waals surface area contributed by atoms with Crippen LogP contribution in [-0.4, -0.2) is 5.78 Å². The van der Waals surface area contributed by atoms with Crippen LogP contribution in [0.4, 0.5) is 5.69 Å². The van der Waals surface area contributed by atoms with E-state index in [0.717, 1.165) is 14.5 Å². The maximum absolute atomic E-state index is 12.2. The molecule has 0 fully saturated rings. The maximum atomic E-state index is 12.2. The standard InChI is InChI=1S/C14H11Br2NO/c15-10-5-6-11(13(17)8-10)14(18)7-9-3-1-2-4-12(9)16/h1-6,8H,7,17H2. The highest BCUT2D eigenvalue weighted by Crippen LogP contribution is 2.22. The molecular weight excluding hydrogens is 358 g/mol. The van der Waals surface area contributed by atoms with Gasteiger partial charge in [-0.3, -0.25) is 4.79 Å². The van der Waals surface area contributed by atoms with E-state index in [2.05, 4.69) is 31.9 Å². The number of hydrogen-bond donors (Lipinski definition) is 1. The molecule has 2 aromatic rings. The SMILES string of the molecule is Nc1cc(Br)ccc1C(=O)Cc1ccccc1Br. The number of Topliss-reactive ketones (excluding diaryl/α,β-unsaturated/α-hetero) is 1. The lowest BCUT2D eigenvalue weighted by atomic mass is 10.0. The summed E-state index contributed by atoms with van der Waals surface area (Å²) in [5.41, 5.74) is 7.88. The zero-order valence-electron chi connectivity index (χ0n) is 9.49. The minimum Gasteiger partial charge on any atom is -0.398 e. The molecule has 0 saturated carbocycles. The summed E-state index contributed by atoms with van der Waals surface area (Å²) in [5, 5.41) is 0. The van der Waals surface area contributed by atoms with Gasteiger partial charge in [0.25, 0.3) is 0 Å². The fourth-order valence-electron chi connectivity index (χ4n) is 1.70. The van der Waals surface area contributed by atoms with Crippen LogP contribution < -0.4 is 5.73 Å². The molecule has 4 heteroatoms. The monoisotopic (exact) mass is 367 g/mol. The van der Waals surface area contributed by atoms with Crippen molar-refractivity contribution in [1.82, 2.24) is 0 Å². The van der Waals surface area contributed by atoms with Crippen molar-refractivity contribution in [3.63, 3.8) is 0 Å². The van der Waals surface area contributed by atoms with Crippen molar-refractivity contribution in [2.24, 2.45) is 0 Å². The van der Waals surface area contributed by atoms with Gasteiger partial charge in [0.1, 0.15) is 0 Å². The van der Waals surface area contributed by atoms with E-state index in [-0.39, 0.29) is 5.78 Å². The van der Waals surface area contributed by atoms with Crippen molar-refractivity contribution in [2.45, 2.75) is 6.42 Å². The number of nitrogens with two attached hydrogens (primary N) is 1. The van der Waals surface area contributed by atoms with E-state index in [1.165, 1.54) is 0 Å². The van der Waals surface area contributed by atoms with Gasteiger partial charge in [-0.2, -0.15) is 0 Å². The lowest BCUT2D eigenvalue weighted by Crippen LogP contribution is -2.07. The predicted molar refractivity (Wildman–Crippen MR) is 80.7 cm³/mol. The lowest BCUT2D eigenvalue weighted by Gasteiger charge is -2.06. The second-order valence-electron chi connectivity index (χ2n) is 3.92. The predicted octanol–water partition coefficient (Wildman–Crippen LogP) is 4.22. The summed E-state index contributed by atoms with van der Waals surface area (Å²) >= 11 is 6.76. The molecule has 0 amide bonds. The van der Waals surface area contributed by atoms with E-state index in [0.29, 0.717) is 17.7 Å². The molecule has 0 unspecified atom stereocenters. The van der Waals surface area contributed by atoms with Crippen LogP contribution in [0.5, 0.6) is 0 Å². The molecule has 0 aliphatic rings. The maximum Gasteiger partial charge on any atom is 0.169 e. The number of rotatable bonds is 3. The Morgan fingerprint density at radius 2 is 1.83 bits per heavy atom. The zero-order valence-corrected chi connectivity index (χ0v) is 12.7. The Morgan fingerprint density at radius 1 is 1.11 bits per heavy atom. The largest absolute Gasteiger partial charge is 0.398 e. The summed E-state index contributed by atoms with van der Waals surface area (Å²) in [4.78, 5) is 12.2. The number of carbonyl (C=O) groups is 1. The van der Waals surface area contributed by atoms with E-state index in [9.17, 15) is 4.79 Å². The minimum absolute atomic E-state index is 0.0203. The van der Waals surface area contributed by atoms with Crippen molar-refractivity contribution in [3.8, 4) is 0 Å². The molecule has 0 radical (unpaired) electrons. The molecule has 0 bridgehead atoms. The Labute approximate surface area is 122 Å². The molecule has 0 aliphatic carbocycles. The quantitative estimate of drug-likeness (QED) is 0.651. The van der Waals surface area contributed by atoms with Crippen LogP contribution in [0.15, 0.2) is 51.4 Å². The van der Waals surface area contributed by atoms with E-state index >= 15 is 0 Å². The zero-order chi connectivity index (χ0) is 13.1. The summed E-state index contributed by atoms with van der Waals surface area (Å²) in [6, 6.07) is 13.0. The molecular formula is C14H11Br2NO. The Balaban J connectivity index is 2.25. The molecule has 2 nitrogen and oxygen atoms in total. The smallest absolute Gasteiger partial charge is 0.169 e. The van der Waals surface area contributed by atoms with Crippen LogP contribution in [-0.2, 0) is 6.42 Å². The Kier molecular flexibility index (Phi) is 4.19. The van der Waals surface area contributed by atoms with Crippen molar-refractivity contribution in [1.29, 1.82) is 0 Å². The number of carbonyl (C=O) groups excluding carboxylic acids is 1. The Bertz CT molecular complexity index is 596. The first-order valence-electron chi connectivity index (χ1n) is 5.39. The highest BCUT2D eigenvalue weighted by atomic mass is 79.9. The minimum atomic E-state index is 0.0203. The van der Waals surface area contributed by atoms with Crippen LogP contribution in [0.25, 0.3) is 0 Å². The van der Waals surface area contributed by atoms with Gasteiger partial charge in [0.15, 0.2) is 5.78 Å². The molecule has 0 spiro atoms. The van der Waals surface area contributed by atoms with Gasteiger partial charge in [0.2, 0.25) is 0 Å². The van der Waals surface area contributed by atoms with Gasteiger partial charge in [-0.05, 0) is 29.8 Å². The van der Waals surface area contributed by atoms with Gasteiger partial charge in [-0.15, -0.1) is 0 Å². The fraction of sp³-hybridized carbons (Fsp3) is 0.0714. The number of anilines is 1. The van der Waals surface area contributed by atoms with E-state index in [4.69, 9.17) is 5.73 Å². The first-order chi connectivity index (χ1) is 8.58. The summed E-state index contributed by atoms with van der Waals surface area (Å²) in [6.07, 6.45) is 0.341. The normalized spacial score (nSPS) is 10.3. The average molecular weight is 369 g/mol. The van der Waals surface area contributed by atoms with Crippen LogP contribution in [0.2, 0.25) is 0 Å². The summed E-state index contributed by atoms with van der Waals surface area (Å²) in [5.74, 6) is 0.0203. The van der Waals surface area contributed by atoms with Crippen molar-refractivity contribution in [3.05, 3.63) is 62.5 Å². The van der Waals surface area contributed by atoms with Gasteiger partial charge >= 0.3 is 0 Å². The van der Waals surface area contributed by atoms with Crippen molar-refractivity contribution in [2.75, 3.05) is 5.73 Å². The van der Waals surface area contributed by atoms with Gasteiger partial charge in [0.05, 0.1) is 0 Å². The highest BCUT2D eigenvalue weighted by molar-refractivity contribution is 9.10. The first kappa shape index (κ1) is 13.3. The van der Waals surface area contributed by atoms with Gasteiger partial charge < -0.3 is 5.73 Å². The third kappa shape index (κ3) is 3.00. The topological polar surface area (TPSA) is 43.1 Å². The Hall–Kier alpha value is -1.13. The van der Waals surface area contributed by atoms with Crippen LogP contribution in [0.1, 0.15) is 15.9 Å². The molecule has 2 N–H and O–H groups in total. The molecule has 18 heavy (non-hydrogen) atoms. The molecule has 0 aliphatic heterocycles. The summed E-state index contributed by atoms with van der Waals surface area (Å²) in [7, 11) is 0. The molecule has 2 rings (SSSR count). The first-order valence-corrected chi connectivity index (χ1v) is 6.98. The second-order valence-corrected chi connectivity index (χ2v) is 5.69. The number of hydrogen-bond acceptors (Lipinski definition) is 2. The summed E-state index contributed by atoms with van der Waals surface area (Å²) in [6.45, 7) is 0. The van der Waals surface area contributed by atoms with Crippen LogP contribution >= 0.6 is 31.9 Å². The number of ketones is 1. The van der Waals surface area contributed by atoms with Gasteiger partial charge in [0, 0.05) is 26.6 Å². The third-order valence-corrected chi connectivity index (χ3v) is 3.89. The molecule has 0 aromatic heterocycles. The average Bonchev–Trinajstić information content (AvgIpc) is 2.32. The van der Waals surface area contributed by atoms with Gasteiger partial charge in [-0.25, -0.2) is 0 Å². The molecule has 92 valence electrons. The third-order valence-electron chi connectivity index (χ3n) is 2.62. The van der Waals surface area contributed by atoms with Crippen LogP contribution in [0, 0.1) is 0 Å². The van der Waals surface area contributed by atoms with Gasteiger partial charge in [-0.1, -0.05) is 50.1 Å². The highest BCUT2D eigenvalue weighted by Gasteiger charge is 2.12. The summed E-state index contributed by atoms with van der Waals surface area (Å²) < 4.78 is 1.81. The van der Waals surface area contributed by atoms with Crippen LogP contribution in [0.3, 0.4) is 0 Å². The molecule has 0 saturated heterocycles. The molecule has 2 aromatic carbocycles. The van der Waals surface area contributed by atoms with E-state index < -0.39 is 0 Å². The fourth-order valence-corrected chi connectivity index (χ4v) is 2.50. The molecule has 0 heterocycles. The number of halogens is 2. The van der Waals surface area contributed by atoms with Crippen molar-refractivity contribution >= 4 is 43.3 Å². The molecule has 0 atom stereocenters. The van der Waals surface area contributed by atoms with E-state index in [1.807, 2.05) is 30.3 Å². The Morgan fingerprint density at radius 3 is 2.50 bits per heavy atom.